The molecule has 3 N–H and O–H groups in total. The molecule has 15 heavy (non-hydrogen) atoms. The van der Waals surface area contributed by atoms with E-state index in [1.165, 1.54) is 0 Å². The van der Waals surface area contributed by atoms with Gasteiger partial charge in [0.1, 0.15) is 6.04 Å². The molecule has 0 fully saturated rings. The van der Waals surface area contributed by atoms with Crippen LogP contribution in [-0.2, 0) is 4.79 Å². The topological polar surface area (TPSA) is 78.4 Å². The maximum absolute atomic E-state index is 11.2. The van der Waals surface area contributed by atoms with Crippen LogP contribution in [0.15, 0.2) is 12.7 Å². The summed E-state index contributed by atoms with van der Waals surface area (Å²) in [5, 5.41) is 13.7. The van der Waals surface area contributed by atoms with Crippen molar-refractivity contribution in [2.24, 2.45) is 5.92 Å². The maximum atomic E-state index is 11.2. The molecule has 0 rings (SSSR count). The summed E-state index contributed by atoms with van der Waals surface area (Å²) in [6.45, 7) is 7.44. The van der Waals surface area contributed by atoms with Crippen LogP contribution in [0.2, 0.25) is 0 Å². The number of hydrogen-bond acceptors (Lipinski definition) is 2. The van der Waals surface area contributed by atoms with Crippen molar-refractivity contribution in [2.45, 2.75) is 26.3 Å². The minimum atomic E-state index is -1.02. The predicted molar refractivity (Wildman–Crippen MR) is 57.6 cm³/mol. The van der Waals surface area contributed by atoms with Gasteiger partial charge in [-0.15, -0.1) is 6.58 Å². The van der Waals surface area contributed by atoms with Gasteiger partial charge in [-0.1, -0.05) is 19.9 Å². The Morgan fingerprint density at radius 3 is 2.47 bits per heavy atom. The summed E-state index contributed by atoms with van der Waals surface area (Å²) in [5.74, 6) is -1.17. The van der Waals surface area contributed by atoms with Crippen LogP contribution in [0.25, 0.3) is 0 Å². The summed E-state index contributed by atoms with van der Waals surface area (Å²) in [7, 11) is 0. The highest BCUT2D eigenvalue weighted by Crippen LogP contribution is 2.00. The van der Waals surface area contributed by atoms with E-state index < -0.39 is 18.0 Å². The molecule has 0 aromatic rings. The highest BCUT2D eigenvalue weighted by Gasteiger charge is 2.22. The van der Waals surface area contributed by atoms with E-state index in [9.17, 15) is 9.59 Å². The number of amides is 2. The van der Waals surface area contributed by atoms with Crippen molar-refractivity contribution in [3.05, 3.63) is 12.7 Å². The molecule has 0 saturated heterocycles. The molecule has 5 heteroatoms. The van der Waals surface area contributed by atoms with Crippen molar-refractivity contribution in [1.82, 2.24) is 10.6 Å². The molecule has 0 aliphatic heterocycles. The Hall–Kier alpha value is -1.52. The van der Waals surface area contributed by atoms with E-state index in [4.69, 9.17) is 5.11 Å². The van der Waals surface area contributed by atoms with Gasteiger partial charge in [0.15, 0.2) is 0 Å². The van der Waals surface area contributed by atoms with Gasteiger partial charge in [-0.2, -0.15) is 0 Å². The molecular weight excluding hydrogens is 196 g/mol. The number of carboxylic acid groups (broad SMARTS) is 1. The summed E-state index contributed by atoms with van der Waals surface area (Å²) < 4.78 is 0. The molecule has 0 aliphatic rings. The van der Waals surface area contributed by atoms with Gasteiger partial charge in [0.25, 0.3) is 0 Å². The van der Waals surface area contributed by atoms with Crippen LogP contribution in [0.4, 0.5) is 4.79 Å². The van der Waals surface area contributed by atoms with Crippen LogP contribution >= 0.6 is 0 Å². The fourth-order valence-electron chi connectivity index (χ4n) is 0.994. The van der Waals surface area contributed by atoms with Gasteiger partial charge in [0.05, 0.1) is 0 Å². The highest BCUT2D eigenvalue weighted by molar-refractivity contribution is 5.82. The Kier molecular flexibility index (Phi) is 6.17. The molecule has 0 aromatic heterocycles. The van der Waals surface area contributed by atoms with E-state index in [0.717, 1.165) is 0 Å². The summed E-state index contributed by atoms with van der Waals surface area (Å²) in [6, 6.07) is -1.31. The van der Waals surface area contributed by atoms with E-state index in [1.807, 2.05) is 0 Å². The molecule has 86 valence electrons. The van der Waals surface area contributed by atoms with Crippen LogP contribution in [0.3, 0.4) is 0 Å². The molecule has 0 bridgehead atoms. The minimum absolute atomic E-state index is 0.146. The Balaban J connectivity index is 4.00. The Morgan fingerprint density at radius 1 is 1.47 bits per heavy atom. The van der Waals surface area contributed by atoms with E-state index in [0.29, 0.717) is 13.0 Å². The first-order valence-electron chi connectivity index (χ1n) is 4.87. The number of nitrogens with one attached hydrogen (secondary N) is 2. The zero-order valence-electron chi connectivity index (χ0n) is 9.12. The van der Waals surface area contributed by atoms with Crippen molar-refractivity contribution in [2.75, 3.05) is 6.54 Å². The van der Waals surface area contributed by atoms with Crippen molar-refractivity contribution in [3.8, 4) is 0 Å². The first kappa shape index (κ1) is 13.5. The molecule has 5 nitrogen and oxygen atoms in total. The van der Waals surface area contributed by atoms with Gasteiger partial charge < -0.3 is 15.7 Å². The fourth-order valence-corrected chi connectivity index (χ4v) is 0.994. The monoisotopic (exact) mass is 214 g/mol. The van der Waals surface area contributed by atoms with Crippen LogP contribution in [0.5, 0.6) is 0 Å². The normalized spacial score (nSPS) is 11.9. The van der Waals surface area contributed by atoms with Crippen molar-refractivity contribution >= 4 is 12.0 Å². The molecular formula is C10H18N2O3. The lowest BCUT2D eigenvalue weighted by molar-refractivity contribution is -0.140. The number of hydrogen-bond donors (Lipinski definition) is 3. The predicted octanol–water partition coefficient (Wildman–Crippen LogP) is 0.971. The molecule has 0 unspecified atom stereocenters. The average Bonchev–Trinajstić information content (AvgIpc) is 2.13. The average molecular weight is 214 g/mol. The molecule has 0 spiro atoms. The van der Waals surface area contributed by atoms with Crippen LogP contribution in [0.1, 0.15) is 20.3 Å². The summed E-state index contributed by atoms with van der Waals surface area (Å²) >= 11 is 0. The molecule has 0 aliphatic carbocycles. The van der Waals surface area contributed by atoms with Crippen molar-refractivity contribution < 1.29 is 14.7 Å². The van der Waals surface area contributed by atoms with E-state index in [1.54, 1.807) is 19.9 Å². The number of carbonyl (C=O) groups excluding carboxylic acids is 1. The molecule has 1 atom stereocenters. The number of urea groups is 1. The van der Waals surface area contributed by atoms with Crippen molar-refractivity contribution in [1.29, 1.82) is 0 Å². The lowest BCUT2D eigenvalue weighted by Crippen LogP contribution is -2.48. The van der Waals surface area contributed by atoms with E-state index >= 15 is 0 Å². The third-order valence-electron chi connectivity index (χ3n) is 1.85. The van der Waals surface area contributed by atoms with Crippen LogP contribution in [0, 0.1) is 5.92 Å². The van der Waals surface area contributed by atoms with Gasteiger partial charge in [-0.3, -0.25) is 0 Å². The first-order chi connectivity index (χ1) is 6.99. The van der Waals surface area contributed by atoms with E-state index in [-0.39, 0.29) is 5.92 Å². The maximum Gasteiger partial charge on any atom is 0.326 e. The van der Waals surface area contributed by atoms with Crippen LogP contribution < -0.4 is 10.6 Å². The van der Waals surface area contributed by atoms with Crippen LogP contribution in [-0.4, -0.2) is 29.7 Å². The first-order valence-corrected chi connectivity index (χ1v) is 4.87. The number of aliphatic carboxylic acids is 1. The standard InChI is InChI=1S/C10H18N2O3/c1-4-5-6-11-10(15)12-8(7(2)3)9(13)14/h4,7-8H,1,5-6H2,2-3H3,(H,13,14)(H2,11,12,15)/t8-/m0/s1. The molecule has 0 radical (unpaired) electrons. The van der Waals surface area contributed by atoms with Gasteiger partial charge in [0.2, 0.25) is 0 Å². The zero-order valence-corrected chi connectivity index (χ0v) is 9.12. The fraction of sp³-hybridized carbons (Fsp3) is 0.600. The second-order valence-corrected chi connectivity index (χ2v) is 3.54. The molecule has 2 amide bonds. The SMILES string of the molecule is C=CCCNC(=O)N[C@H](C(=O)O)C(C)C. The highest BCUT2D eigenvalue weighted by atomic mass is 16.4. The third-order valence-corrected chi connectivity index (χ3v) is 1.85. The zero-order chi connectivity index (χ0) is 11.8. The third kappa shape index (κ3) is 5.72. The smallest absolute Gasteiger partial charge is 0.326 e. The van der Waals surface area contributed by atoms with Crippen molar-refractivity contribution in [3.63, 3.8) is 0 Å². The summed E-state index contributed by atoms with van der Waals surface area (Å²) in [5.41, 5.74) is 0. The molecule has 0 heterocycles. The second-order valence-electron chi connectivity index (χ2n) is 3.54. The van der Waals surface area contributed by atoms with Gasteiger partial charge in [-0.05, 0) is 12.3 Å². The van der Waals surface area contributed by atoms with E-state index in [2.05, 4.69) is 17.2 Å². The van der Waals surface area contributed by atoms with Gasteiger partial charge in [-0.25, -0.2) is 9.59 Å². The lowest BCUT2D eigenvalue weighted by Gasteiger charge is -2.17. The number of rotatable bonds is 6. The summed E-state index contributed by atoms with van der Waals surface area (Å²) in [4.78, 5) is 22.0. The van der Waals surface area contributed by atoms with Gasteiger partial charge in [0, 0.05) is 6.54 Å². The second kappa shape index (κ2) is 6.86. The largest absolute Gasteiger partial charge is 0.480 e. The minimum Gasteiger partial charge on any atom is -0.480 e. The summed E-state index contributed by atoms with van der Waals surface area (Å²) in [6.07, 6.45) is 2.34. The number of carbonyl (C=O) groups is 2. The Morgan fingerprint density at radius 2 is 2.07 bits per heavy atom. The molecule has 0 aromatic carbocycles. The molecule has 0 saturated carbocycles. The Bertz CT molecular complexity index is 239. The number of carboxylic acids is 1. The quantitative estimate of drug-likeness (QED) is 0.455. The Labute approximate surface area is 89.6 Å². The lowest BCUT2D eigenvalue weighted by atomic mass is 10.1. The van der Waals surface area contributed by atoms with Gasteiger partial charge >= 0.3 is 12.0 Å².